The van der Waals surface area contributed by atoms with E-state index < -0.39 is 0 Å². The van der Waals surface area contributed by atoms with Crippen LogP contribution in [-0.2, 0) is 4.79 Å². The van der Waals surface area contributed by atoms with Crippen molar-refractivity contribution in [1.82, 2.24) is 29.5 Å². The monoisotopic (exact) mass is 376 g/mol. The molecule has 4 aromatic rings. The van der Waals surface area contributed by atoms with E-state index in [0.29, 0.717) is 16.1 Å². The first-order valence-electron chi connectivity index (χ1n) is 7.05. The molecule has 12 heteroatoms. The van der Waals surface area contributed by atoms with Crippen molar-refractivity contribution in [3.63, 3.8) is 0 Å². The lowest BCUT2D eigenvalue weighted by atomic mass is 10.3. The molecular weight excluding hydrogens is 364 g/mol. The molecule has 0 aliphatic heterocycles. The summed E-state index contributed by atoms with van der Waals surface area (Å²) in [6.07, 6.45) is 1.42. The number of hydrogen-bond acceptors (Lipinski definition) is 9. The van der Waals surface area contributed by atoms with Gasteiger partial charge in [-0.25, -0.2) is 9.66 Å². The minimum atomic E-state index is -0.194. The molecule has 10 nitrogen and oxygen atoms in total. The molecule has 1 amide bonds. The molecule has 25 heavy (non-hydrogen) atoms. The number of anilines is 1. The number of ether oxygens (including phenoxy) is 1. The molecule has 3 N–H and O–H groups in total. The average molecular weight is 376 g/mol. The van der Waals surface area contributed by atoms with Crippen molar-refractivity contribution in [1.29, 1.82) is 0 Å². The zero-order valence-electron chi connectivity index (χ0n) is 12.9. The van der Waals surface area contributed by atoms with Crippen LogP contribution in [0.5, 0.6) is 5.75 Å². The number of methoxy groups -OCH3 is 1. The molecule has 0 spiro atoms. The van der Waals surface area contributed by atoms with Gasteiger partial charge in [0.2, 0.25) is 11.1 Å². The van der Waals surface area contributed by atoms with Gasteiger partial charge >= 0.3 is 0 Å². The summed E-state index contributed by atoms with van der Waals surface area (Å²) in [6.45, 7) is 0. The first-order valence-corrected chi connectivity index (χ1v) is 8.85. The number of carbonyl (C=O) groups excluding carboxylic acids is 1. The van der Waals surface area contributed by atoms with E-state index >= 15 is 0 Å². The Bertz CT molecular complexity index is 1070. The van der Waals surface area contributed by atoms with Crippen LogP contribution in [-0.4, -0.2) is 48.2 Å². The van der Waals surface area contributed by atoms with Crippen LogP contribution in [0.15, 0.2) is 29.7 Å². The Kier molecular flexibility index (Phi) is 3.89. The van der Waals surface area contributed by atoms with Gasteiger partial charge in [-0.3, -0.25) is 4.79 Å². The molecule has 1 aromatic carbocycles. The van der Waals surface area contributed by atoms with Crippen molar-refractivity contribution in [2.45, 2.75) is 5.16 Å². The highest BCUT2D eigenvalue weighted by atomic mass is 32.2. The standard InChI is InChI=1S/C13H12N8O2S2/c1-23-7-2-3-8-9(4-7)25-11(16-8)17-10(22)5-24-13-19-18-12-20(14)6-15-21(12)13/h2-4,6H,5,14H2,1H3,(H,16,17,22). The molecule has 4 rings (SSSR count). The quantitative estimate of drug-likeness (QED) is 0.390. The molecule has 0 saturated carbocycles. The molecule has 0 aliphatic rings. The van der Waals surface area contributed by atoms with Gasteiger partial charge in [0, 0.05) is 0 Å². The zero-order chi connectivity index (χ0) is 17.4. The molecule has 0 bridgehead atoms. The number of benzene rings is 1. The molecule has 0 fully saturated rings. The minimum Gasteiger partial charge on any atom is -0.497 e. The van der Waals surface area contributed by atoms with E-state index in [9.17, 15) is 4.79 Å². The predicted octanol–water partition coefficient (Wildman–Crippen LogP) is 0.989. The number of carbonyl (C=O) groups is 1. The lowest BCUT2D eigenvalue weighted by Crippen LogP contribution is -2.14. The fourth-order valence-electron chi connectivity index (χ4n) is 2.14. The minimum absolute atomic E-state index is 0.150. The number of thiazole rings is 1. The summed E-state index contributed by atoms with van der Waals surface area (Å²) in [5.41, 5.74) is 0.807. The Morgan fingerprint density at radius 2 is 2.32 bits per heavy atom. The predicted molar refractivity (Wildman–Crippen MR) is 94.4 cm³/mol. The molecule has 0 saturated heterocycles. The van der Waals surface area contributed by atoms with Crippen LogP contribution < -0.4 is 15.9 Å². The van der Waals surface area contributed by atoms with E-state index in [1.54, 1.807) is 7.11 Å². The van der Waals surface area contributed by atoms with Gasteiger partial charge < -0.3 is 15.9 Å². The third-order valence-electron chi connectivity index (χ3n) is 3.29. The average Bonchev–Trinajstić information content (AvgIpc) is 3.28. The number of nitrogen functional groups attached to an aromatic ring is 1. The smallest absolute Gasteiger partial charge is 0.273 e. The van der Waals surface area contributed by atoms with Crippen LogP contribution in [0.1, 0.15) is 0 Å². The topological polar surface area (TPSA) is 125 Å². The van der Waals surface area contributed by atoms with E-state index in [0.717, 1.165) is 16.0 Å². The van der Waals surface area contributed by atoms with Gasteiger partial charge in [0.05, 0.1) is 23.1 Å². The van der Waals surface area contributed by atoms with Crippen LogP contribution in [0.2, 0.25) is 0 Å². The number of hydrogen-bond donors (Lipinski definition) is 2. The fourth-order valence-corrected chi connectivity index (χ4v) is 3.73. The van der Waals surface area contributed by atoms with Crippen LogP contribution in [0.25, 0.3) is 16.0 Å². The molecule has 0 unspecified atom stereocenters. The van der Waals surface area contributed by atoms with Crippen molar-refractivity contribution in [2.24, 2.45) is 0 Å². The second-order valence-electron chi connectivity index (χ2n) is 4.92. The van der Waals surface area contributed by atoms with Gasteiger partial charge in [0.25, 0.3) is 5.78 Å². The van der Waals surface area contributed by atoms with E-state index in [1.165, 1.54) is 38.6 Å². The van der Waals surface area contributed by atoms with Crippen molar-refractivity contribution in [2.75, 3.05) is 24.0 Å². The van der Waals surface area contributed by atoms with Crippen molar-refractivity contribution < 1.29 is 9.53 Å². The highest BCUT2D eigenvalue weighted by Gasteiger charge is 2.14. The van der Waals surface area contributed by atoms with Gasteiger partial charge in [-0.05, 0) is 18.2 Å². The molecule has 3 aromatic heterocycles. The summed E-state index contributed by atoms with van der Waals surface area (Å²) in [5, 5.41) is 15.7. The summed E-state index contributed by atoms with van der Waals surface area (Å²) in [6, 6.07) is 5.56. The first kappa shape index (κ1) is 15.7. The van der Waals surface area contributed by atoms with Crippen molar-refractivity contribution >= 4 is 50.1 Å². The van der Waals surface area contributed by atoms with Crippen molar-refractivity contribution in [3.05, 3.63) is 24.5 Å². The number of amides is 1. The van der Waals surface area contributed by atoms with Crippen LogP contribution in [0.3, 0.4) is 0 Å². The first-order chi connectivity index (χ1) is 12.1. The molecular formula is C13H12N8O2S2. The van der Waals surface area contributed by atoms with E-state index in [2.05, 4.69) is 25.6 Å². The SMILES string of the molecule is COc1ccc2nc(NC(=O)CSc3nnc4n(N)cnn34)sc2c1. The van der Waals surface area contributed by atoms with Gasteiger partial charge in [0.1, 0.15) is 12.1 Å². The largest absolute Gasteiger partial charge is 0.497 e. The van der Waals surface area contributed by atoms with Crippen LogP contribution in [0, 0.1) is 0 Å². The number of nitrogens with two attached hydrogens (primary N) is 1. The van der Waals surface area contributed by atoms with Gasteiger partial charge in [0.15, 0.2) is 5.13 Å². The maximum absolute atomic E-state index is 12.2. The Morgan fingerprint density at radius 1 is 1.44 bits per heavy atom. The number of rotatable bonds is 5. The van der Waals surface area contributed by atoms with Gasteiger partial charge in [-0.2, -0.15) is 9.61 Å². The Hall–Kier alpha value is -2.86. The van der Waals surface area contributed by atoms with Crippen LogP contribution >= 0.6 is 23.1 Å². The lowest BCUT2D eigenvalue weighted by Gasteiger charge is -1.99. The zero-order valence-corrected chi connectivity index (χ0v) is 14.5. The van der Waals surface area contributed by atoms with Gasteiger partial charge in [-0.15, -0.1) is 10.2 Å². The third kappa shape index (κ3) is 2.96. The molecule has 0 atom stereocenters. The summed E-state index contributed by atoms with van der Waals surface area (Å²) in [4.78, 5) is 16.5. The molecule has 0 radical (unpaired) electrons. The number of nitrogens with one attached hydrogen (secondary N) is 1. The summed E-state index contributed by atoms with van der Waals surface area (Å²) < 4.78 is 8.86. The second-order valence-corrected chi connectivity index (χ2v) is 6.90. The Balaban J connectivity index is 1.43. The lowest BCUT2D eigenvalue weighted by molar-refractivity contribution is -0.113. The molecule has 0 aliphatic carbocycles. The third-order valence-corrected chi connectivity index (χ3v) is 5.15. The maximum atomic E-state index is 12.2. The van der Waals surface area contributed by atoms with Crippen LogP contribution in [0.4, 0.5) is 5.13 Å². The second kappa shape index (κ2) is 6.22. The Morgan fingerprint density at radius 3 is 3.16 bits per heavy atom. The van der Waals surface area contributed by atoms with E-state index in [-0.39, 0.29) is 11.7 Å². The fraction of sp³-hybridized carbons (Fsp3) is 0.154. The summed E-state index contributed by atoms with van der Waals surface area (Å²) in [5.74, 6) is 6.74. The summed E-state index contributed by atoms with van der Waals surface area (Å²) in [7, 11) is 1.61. The highest BCUT2D eigenvalue weighted by molar-refractivity contribution is 7.99. The Labute approximate surface area is 149 Å². The number of aromatic nitrogens is 6. The van der Waals surface area contributed by atoms with E-state index in [4.69, 9.17) is 10.6 Å². The number of thioether (sulfide) groups is 1. The molecule has 128 valence electrons. The van der Waals surface area contributed by atoms with Crippen molar-refractivity contribution in [3.8, 4) is 5.75 Å². The molecule has 3 heterocycles. The normalized spacial score (nSPS) is 11.2. The number of nitrogens with zero attached hydrogens (tertiary/aromatic N) is 6. The van der Waals surface area contributed by atoms with Gasteiger partial charge in [-0.1, -0.05) is 23.1 Å². The van der Waals surface area contributed by atoms with E-state index in [1.807, 2.05) is 18.2 Å². The highest BCUT2D eigenvalue weighted by Crippen LogP contribution is 2.29. The number of fused-ring (bicyclic) bond motifs is 2. The maximum Gasteiger partial charge on any atom is 0.273 e. The summed E-state index contributed by atoms with van der Waals surface area (Å²) >= 11 is 2.60.